The van der Waals surface area contributed by atoms with Crippen LogP contribution >= 0.6 is 11.8 Å². The highest BCUT2D eigenvalue weighted by Crippen LogP contribution is 2.22. The number of esters is 1. The normalized spacial score (nSPS) is 10.0. The molecule has 0 spiro atoms. The number of hydrogen-bond acceptors (Lipinski definition) is 4. The van der Waals surface area contributed by atoms with E-state index in [0.717, 1.165) is 35.5 Å². The Labute approximate surface area is 130 Å². The Morgan fingerprint density at radius 2 is 1.91 bits per heavy atom. The highest BCUT2D eigenvalue weighted by molar-refractivity contribution is 8.00. The van der Waals surface area contributed by atoms with Crippen LogP contribution in [-0.2, 0) is 16.1 Å². The molecule has 2 aromatic carbocycles. The summed E-state index contributed by atoms with van der Waals surface area (Å²) in [6.45, 7) is 0.0662. The molecule has 112 valence electrons. The van der Waals surface area contributed by atoms with Gasteiger partial charge in [0.15, 0.2) is 0 Å². The number of ether oxygens (including phenoxy) is 1. The van der Waals surface area contributed by atoms with E-state index in [4.69, 9.17) is 10.00 Å². The lowest BCUT2D eigenvalue weighted by Gasteiger charge is -2.06. The summed E-state index contributed by atoms with van der Waals surface area (Å²) < 4.78 is 31.4. The zero-order chi connectivity index (χ0) is 15.9. The number of carbonyl (C=O) groups is 1. The quantitative estimate of drug-likeness (QED) is 0.623. The van der Waals surface area contributed by atoms with E-state index >= 15 is 0 Å². The number of nitrogens with zero attached hydrogens (tertiary/aromatic N) is 1. The molecule has 0 amide bonds. The van der Waals surface area contributed by atoms with Crippen LogP contribution in [0.15, 0.2) is 47.4 Å². The van der Waals surface area contributed by atoms with Gasteiger partial charge in [-0.05, 0) is 35.9 Å². The molecule has 22 heavy (non-hydrogen) atoms. The van der Waals surface area contributed by atoms with E-state index in [1.807, 2.05) is 6.07 Å². The Bertz CT molecular complexity index is 711. The number of hydrogen-bond donors (Lipinski definition) is 0. The summed E-state index contributed by atoms with van der Waals surface area (Å²) in [5, 5.41) is 8.67. The first-order chi connectivity index (χ1) is 10.6. The number of thioether (sulfide) groups is 1. The molecular weight excluding hydrogens is 308 g/mol. The first-order valence-corrected chi connectivity index (χ1v) is 7.29. The summed E-state index contributed by atoms with van der Waals surface area (Å²) in [6, 6.07) is 11.7. The molecule has 0 N–H and O–H groups in total. The molecule has 2 rings (SSSR count). The maximum absolute atomic E-state index is 13.4. The van der Waals surface area contributed by atoms with Gasteiger partial charge in [-0.2, -0.15) is 5.26 Å². The van der Waals surface area contributed by atoms with Crippen LogP contribution in [0.1, 0.15) is 11.1 Å². The first kappa shape index (κ1) is 16.0. The molecule has 0 saturated heterocycles. The molecule has 0 radical (unpaired) electrons. The molecule has 0 heterocycles. The van der Waals surface area contributed by atoms with Gasteiger partial charge in [0, 0.05) is 4.90 Å². The first-order valence-electron chi connectivity index (χ1n) is 6.31. The van der Waals surface area contributed by atoms with Crippen LogP contribution in [0.3, 0.4) is 0 Å². The van der Waals surface area contributed by atoms with Crippen LogP contribution in [0.2, 0.25) is 0 Å². The van der Waals surface area contributed by atoms with E-state index in [1.165, 1.54) is 0 Å². The van der Waals surface area contributed by atoms with Crippen LogP contribution in [0.5, 0.6) is 0 Å². The molecular formula is C16H11F2NO2S. The predicted octanol–water partition coefficient (Wildman–Crippen LogP) is 3.67. The highest BCUT2D eigenvalue weighted by atomic mass is 32.2. The molecule has 0 saturated carbocycles. The maximum Gasteiger partial charge on any atom is 0.316 e. The van der Waals surface area contributed by atoms with Gasteiger partial charge in [0.25, 0.3) is 0 Å². The Morgan fingerprint density at radius 1 is 1.18 bits per heavy atom. The van der Waals surface area contributed by atoms with Crippen LogP contribution in [0.25, 0.3) is 0 Å². The van der Waals surface area contributed by atoms with Gasteiger partial charge in [-0.15, -0.1) is 11.8 Å². The van der Waals surface area contributed by atoms with Crippen LogP contribution < -0.4 is 0 Å². The lowest BCUT2D eigenvalue weighted by molar-refractivity contribution is -0.141. The number of benzene rings is 2. The predicted molar refractivity (Wildman–Crippen MR) is 78.0 cm³/mol. The molecule has 0 aliphatic carbocycles. The molecule has 3 nitrogen and oxygen atoms in total. The molecule has 0 bridgehead atoms. The monoisotopic (exact) mass is 319 g/mol. The number of halogens is 2. The van der Waals surface area contributed by atoms with Gasteiger partial charge in [-0.25, -0.2) is 8.78 Å². The Hall–Kier alpha value is -2.39. The zero-order valence-corrected chi connectivity index (χ0v) is 12.2. The average Bonchev–Trinajstić information content (AvgIpc) is 2.54. The summed E-state index contributed by atoms with van der Waals surface area (Å²) in [5.41, 5.74) is 1.27. The fourth-order valence-electron chi connectivity index (χ4n) is 1.61. The second-order valence-electron chi connectivity index (χ2n) is 4.33. The van der Waals surface area contributed by atoms with Crippen molar-refractivity contribution in [2.24, 2.45) is 0 Å². The van der Waals surface area contributed by atoms with Crippen molar-refractivity contribution in [2.75, 3.05) is 5.75 Å². The molecule has 0 fully saturated rings. The summed E-state index contributed by atoms with van der Waals surface area (Å²) in [6.07, 6.45) is 0. The largest absolute Gasteiger partial charge is 0.460 e. The van der Waals surface area contributed by atoms with Gasteiger partial charge in [-0.3, -0.25) is 4.79 Å². The van der Waals surface area contributed by atoms with Gasteiger partial charge in [-0.1, -0.05) is 12.1 Å². The molecule has 0 unspecified atom stereocenters. The Balaban J connectivity index is 1.83. The lowest BCUT2D eigenvalue weighted by Crippen LogP contribution is -2.07. The number of nitriles is 1. The van der Waals surface area contributed by atoms with Crippen LogP contribution in [-0.4, -0.2) is 11.7 Å². The fourth-order valence-corrected chi connectivity index (χ4v) is 2.36. The molecule has 6 heteroatoms. The van der Waals surface area contributed by atoms with Crippen molar-refractivity contribution in [1.29, 1.82) is 5.26 Å². The van der Waals surface area contributed by atoms with Crippen molar-refractivity contribution in [2.45, 2.75) is 11.5 Å². The lowest BCUT2D eigenvalue weighted by atomic mass is 10.2. The second-order valence-corrected chi connectivity index (χ2v) is 5.35. The van der Waals surface area contributed by atoms with Crippen molar-refractivity contribution in [3.63, 3.8) is 0 Å². The van der Waals surface area contributed by atoms with E-state index in [2.05, 4.69) is 0 Å². The standard InChI is InChI=1S/C16H11F2NO2S/c17-13-5-6-14(18)15(7-13)22-10-16(20)21-9-12-3-1-11(8-19)2-4-12/h1-7H,9-10H2. The summed E-state index contributed by atoms with van der Waals surface area (Å²) >= 11 is 0.878. The van der Waals surface area contributed by atoms with E-state index in [1.54, 1.807) is 24.3 Å². The number of carbonyl (C=O) groups excluding carboxylic acids is 1. The molecule has 0 aliphatic heterocycles. The Kier molecular flexibility index (Phi) is 5.50. The highest BCUT2D eigenvalue weighted by Gasteiger charge is 2.09. The average molecular weight is 319 g/mol. The molecule has 0 aliphatic rings. The SMILES string of the molecule is N#Cc1ccc(COC(=O)CSc2cc(F)ccc2F)cc1. The summed E-state index contributed by atoms with van der Waals surface area (Å²) in [7, 11) is 0. The van der Waals surface area contributed by atoms with E-state index in [0.29, 0.717) is 5.56 Å². The van der Waals surface area contributed by atoms with E-state index in [9.17, 15) is 13.6 Å². The maximum atomic E-state index is 13.4. The van der Waals surface area contributed by atoms with Crippen molar-refractivity contribution in [3.8, 4) is 6.07 Å². The van der Waals surface area contributed by atoms with Crippen molar-refractivity contribution in [1.82, 2.24) is 0 Å². The number of rotatable bonds is 5. The van der Waals surface area contributed by atoms with Crippen LogP contribution in [0, 0.1) is 23.0 Å². The topological polar surface area (TPSA) is 50.1 Å². The van der Waals surface area contributed by atoms with Gasteiger partial charge >= 0.3 is 5.97 Å². The molecule has 2 aromatic rings. The van der Waals surface area contributed by atoms with E-state index < -0.39 is 17.6 Å². The van der Waals surface area contributed by atoms with E-state index in [-0.39, 0.29) is 17.3 Å². The third-order valence-corrected chi connectivity index (χ3v) is 3.73. The van der Waals surface area contributed by atoms with Crippen molar-refractivity contribution < 1.29 is 18.3 Å². The van der Waals surface area contributed by atoms with Gasteiger partial charge in [0.05, 0.1) is 17.4 Å². The van der Waals surface area contributed by atoms with Gasteiger partial charge in [0.2, 0.25) is 0 Å². The summed E-state index contributed by atoms with van der Waals surface area (Å²) in [4.78, 5) is 11.7. The minimum absolute atomic E-state index is 0.0651. The fraction of sp³-hybridized carbons (Fsp3) is 0.125. The smallest absolute Gasteiger partial charge is 0.316 e. The third-order valence-electron chi connectivity index (χ3n) is 2.72. The van der Waals surface area contributed by atoms with Gasteiger partial charge < -0.3 is 4.74 Å². The minimum atomic E-state index is -0.578. The van der Waals surface area contributed by atoms with Gasteiger partial charge in [0.1, 0.15) is 18.2 Å². The van der Waals surface area contributed by atoms with Crippen LogP contribution in [0.4, 0.5) is 8.78 Å². The summed E-state index contributed by atoms with van der Waals surface area (Å²) in [5.74, 6) is -1.78. The zero-order valence-electron chi connectivity index (χ0n) is 11.4. The molecule has 0 atom stereocenters. The second kappa shape index (κ2) is 7.57. The minimum Gasteiger partial charge on any atom is -0.460 e. The molecule has 0 aromatic heterocycles. The Morgan fingerprint density at radius 3 is 2.59 bits per heavy atom. The van der Waals surface area contributed by atoms with Crippen molar-refractivity contribution in [3.05, 3.63) is 65.2 Å². The van der Waals surface area contributed by atoms with Crippen molar-refractivity contribution >= 4 is 17.7 Å². The third kappa shape index (κ3) is 4.57.